The van der Waals surface area contributed by atoms with E-state index in [4.69, 9.17) is 0 Å². The van der Waals surface area contributed by atoms with E-state index in [-0.39, 0.29) is 0 Å². The molecule has 8 rings (SSSR count). The number of fused-ring (bicyclic) bond motifs is 6. The topological polar surface area (TPSA) is 3.24 Å². The summed E-state index contributed by atoms with van der Waals surface area (Å²) in [5, 5.41) is 5.10. The number of hydrogen-bond acceptors (Lipinski definition) is 1. The molecule has 0 heterocycles. The summed E-state index contributed by atoms with van der Waals surface area (Å²) in [6, 6.07) is 53.1. The van der Waals surface area contributed by atoms with Crippen molar-refractivity contribution in [2.75, 3.05) is 4.90 Å². The lowest BCUT2D eigenvalue weighted by Gasteiger charge is -2.28. The molecule has 7 aromatic rings. The van der Waals surface area contributed by atoms with Crippen LogP contribution in [0.2, 0.25) is 0 Å². The molecular weight excluding hydrogens is 482 g/mol. The number of para-hydroxylation sites is 1. The minimum atomic E-state index is 1.15. The van der Waals surface area contributed by atoms with Gasteiger partial charge in [-0.3, -0.25) is 0 Å². The summed E-state index contributed by atoms with van der Waals surface area (Å²) in [6.45, 7) is 2.13. The molecular formula is C39H27N. The van der Waals surface area contributed by atoms with Crippen LogP contribution in [0.15, 0.2) is 146 Å². The van der Waals surface area contributed by atoms with Gasteiger partial charge in [0.1, 0.15) is 0 Å². The number of anilines is 3. The Labute approximate surface area is 234 Å². The first kappa shape index (κ1) is 22.8. The van der Waals surface area contributed by atoms with Crippen molar-refractivity contribution in [2.45, 2.75) is 6.92 Å². The fourth-order valence-corrected chi connectivity index (χ4v) is 6.08. The molecule has 0 N–H and O–H groups in total. The van der Waals surface area contributed by atoms with Gasteiger partial charge in [0.25, 0.3) is 0 Å². The quantitative estimate of drug-likeness (QED) is 0.228. The van der Waals surface area contributed by atoms with Crippen LogP contribution in [0.3, 0.4) is 0 Å². The zero-order chi connectivity index (χ0) is 26.6. The molecule has 0 aliphatic heterocycles. The van der Waals surface area contributed by atoms with Gasteiger partial charge < -0.3 is 4.90 Å². The molecule has 1 aliphatic rings. The van der Waals surface area contributed by atoms with Crippen LogP contribution in [0.5, 0.6) is 0 Å². The third-order valence-electron chi connectivity index (χ3n) is 8.19. The maximum atomic E-state index is 2.38. The Balaban J connectivity index is 1.23. The number of benzene rings is 7. The van der Waals surface area contributed by atoms with Crippen molar-refractivity contribution in [3.8, 4) is 33.4 Å². The lowest BCUT2D eigenvalue weighted by atomic mass is 9.77. The predicted octanol–water partition coefficient (Wildman–Crippen LogP) is 11.1. The number of rotatable bonds is 4. The molecule has 0 fully saturated rings. The zero-order valence-corrected chi connectivity index (χ0v) is 22.3. The normalized spacial score (nSPS) is 11.6. The van der Waals surface area contributed by atoms with Gasteiger partial charge in [0, 0.05) is 17.1 Å². The van der Waals surface area contributed by atoms with E-state index in [1.807, 2.05) is 0 Å². The number of nitrogens with zero attached hydrogens (tertiary/aromatic N) is 1. The molecule has 0 radical (unpaired) electrons. The highest BCUT2D eigenvalue weighted by Crippen LogP contribution is 2.51. The Hall–Kier alpha value is -5.14. The Morgan fingerprint density at radius 2 is 0.850 bits per heavy atom. The van der Waals surface area contributed by atoms with E-state index in [1.165, 1.54) is 60.5 Å². The Morgan fingerprint density at radius 1 is 0.350 bits per heavy atom. The summed E-state index contributed by atoms with van der Waals surface area (Å²) in [6.07, 6.45) is 0. The van der Waals surface area contributed by atoms with E-state index in [0.717, 1.165) is 17.1 Å². The van der Waals surface area contributed by atoms with Crippen LogP contribution >= 0.6 is 0 Å². The van der Waals surface area contributed by atoms with Gasteiger partial charge in [0.2, 0.25) is 0 Å². The Kier molecular flexibility index (Phi) is 5.11. The highest BCUT2D eigenvalue weighted by Gasteiger charge is 2.24. The van der Waals surface area contributed by atoms with Crippen LogP contribution in [-0.2, 0) is 0 Å². The summed E-state index contributed by atoms with van der Waals surface area (Å²) < 4.78 is 0. The largest absolute Gasteiger partial charge is 0.310 e. The monoisotopic (exact) mass is 509 g/mol. The molecule has 1 nitrogen and oxygen atoms in total. The van der Waals surface area contributed by atoms with Crippen molar-refractivity contribution >= 4 is 38.6 Å². The molecule has 7 aromatic carbocycles. The van der Waals surface area contributed by atoms with E-state index in [9.17, 15) is 0 Å². The van der Waals surface area contributed by atoms with Crippen molar-refractivity contribution in [3.05, 3.63) is 151 Å². The van der Waals surface area contributed by atoms with Crippen LogP contribution in [-0.4, -0.2) is 0 Å². The first-order valence-electron chi connectivity index (χ1n) is 13.8. The Bertz CT molecular complexity index is 2040. The third kappa shape index (κ3) is 3.71. The summed E-state index contributed by atoms with van der Waals surface area (Å²) in [7, 11) is 0. The minimum absolute atomic E-state index is 1.15. The molecule has 188 valence electrons. The zero-order valence-electron chi connectivity index (χ0n) is 22.3. The van der Waals surface area contributed by atoms with Crippen LogP contribution in [0.4, 0.5) is 17.1 Å². The van der Waals surface area contributed by atoms with Crippen molar-refractivity contribution in [2.24, 2.45) is 0 Å². The summed E-state index contributed by atoms with van der Waals surface area (Å²) >= 11 is 0. The minimum Gasteiger partial charge on any atom is -0.310 e. The maximum Gasteiger partial charge on any atom is 0.0468 e. The van der Waals surface area contributed by atoms with Gasteiger partial charge in [0.05, 0.1) is 0 Å². The van der Waals surface area contributed by atoms with Gasteiger partial charge in [-0.2, -0.15) is 0 Å². The second-order valence-electron chi connectivity index (χ2n) is 10.8. The second kappa shape index (κ2) is 8.97. The average Bonchev–Trinajstić information content (AvgIpc) is 3.01. The molecule has 1 heteroatoms. The van der Waals surface area contributed by atoms with Gasteiger partial charge in [-0.15, -0.1) is 0 Å². The highest BCUT2D eigenvalue weighted by atomic mass is 15.1. The highest BCUT2D eigenvalue weighted by molar-refractivity contribution is 6.12. The van der Waals surface area contributed by atoms with E-state index in [2.05, 4.69) is 157 Å². The van der Waals surface area contributed by atoms with Crippen LogP contribution < -0.4 is 4.90 Å². The second-order valence-corrected chi connectivity index (χ2v) is 10.8. The molecule has 0 spiro atoms. The van der Waals surface area contributed by atoms with Crippen molar-refractivity contribution < 1.29 is 0 Å². The Morgan fingerprint density at radius 3 is 1.50 bits per heavy atom. The fourth-order valence-electron chi connectivity index (χ4n) is 6.08. The maximum absolute atomic E-state index is 2.38. The van der Waals surface area contributed by atoms with Crippen molar-refractivity contribution in [1.29, 1.82) is 0 Å². The van der Waals surface area contributed by atoms with Gasteiger partial charge in [-0.25, -0.2) is 0 Å². The van der Waals surface area contributed by atoms with E-state index < -0.39 is 0 Å². The first-order chi connectivity index (χ1) is 19.7. The third-order valence-corrected chi connectivity index (χ3v) is 8.19. The lowest BCUT2D eigenvalue weighted by Crippen LogP contribution is -2.09. The first-order valence-corrected chi connectivity index (χ1v) is 13.8. The number of hydrogen-bond donors (Lipinski definition) is 0. The van der Waals surface area contributed by atoms with Crippen molar-refractivity contribution in [1.82, 2.24) is 0 Å². The number of aryl methyl sites for hydroxylation is 1. The smallest absolute Gasteiger partial charge is 0.0468 e. The van der Waals surface area contributed by atoms with Crippen LogP contribution in [0, 0.1) is 6.92 Å². The molecule has 0 saturated heterocycles. The van der Waals surface area contributed by atoms with E-state index >= 15 is 0 Å². The van der Waals surface area contributed by atoms with Crippen LogP contribution in [0.25, 0.3) is 54.9 Å². The van der Waals surface area contributed by atoms with Crippen LogP contribution in [0.1, 0.15) is 5.56 Å². The average molecular weight is 510 g/mol. The summed E-state index contributed by atoms with van der Waals surface area (Å²) in [5.41, 5.74) is 12.6. The van der Waals surface area contributed by atoms with E-state index in [1.54, 1.807) is 0 Å². The standard InChI is InChI=1S/C39H27N/c1-26-12-17-34(18-13-26)40(33-10-6-3-7-11-33)35-19-16-30-23-37-36-22-29-15-14-28(27-8-4-2-5-9-27)20-31(29)24-38(36)39(37)25-32(30)21-35/h2-25H,1H3. The van der Waals surface area contributed by atoms with Gasteiger partial charge in [-0.1, -0.05) is 84.4 Å². The fraction of sp³-hybridized carbons (Fsp3) is 0.0256. The molecule has 0 unspecified atom stereocenters. The van der Waals surface area contributed by atoms with Crippen molar-refractivity contribution in [3.63, 3.8) is 0 Å². The summed E-state index contributed by atoms with van der Waals surface area (Å²) in [4.78, 5) is 2.34. The predicted molar refractivity (Wildman–Crippen MR) is 171 cm³/mol. The van der Waals surface area contributed by atoms with Gasteiger partial charge in [0.15, 0.2) is 0 Å². The molecule has 0 atom stereocenters. The van der Waals surface area contributed by atoms with Gasteiger partial charge >= 0.3 is 0 Å². The van der Waals surface area contributed by atoms with Gasteiger partial charge in [-0.05, 0) is 129 Å². The molecule has 0 aromatic heterocycles. The molecule has 0 saturated carbocycles. The molecule has 0 bridgehead atoms. The molecule has 0 amide bonds. The summed E-state index contributed by atoms with van der Waals surface area (Å²) in [5.74, 6) is 0. The molecule has 1 aliphatic carbocycles. The SMILES string of the molecule is Cc1ccc(N(c2ccccc2)c2ccc3cc4c(cc3c2)-c2cc3cc(-c5ccccc5)ccc3cc2-4)cc1. The lowest BCUT2D eigenvalue weighted by molar-refractivity contribution is 1.28. The van der Waals surface area contributed by atoms with E-state index in [0.29, 0.717) is 0 Å². The molecule has 40 heavy (non-hydrogen) atoms.